The number of hydrogen-bond donors (Lipinski definition) is 1. The number of rotatable bonds is 10. The lowest BCUT2D eigenvalue weighted by Crippen LogP contribution is -2.40. The molecular formula is C26H25F3N2O3. The highest BCUT2D eigenvalue weighted by Gasteiger charge is 2.26. The van der Waals surface area contributed by atoms with Gasteiger partial charge in [0.15, 0.2) is 0 Å². The second kappa shape index (κ2) is 11.2. The zero-order chi connectivity index (χ0) is 23.9. The van der Waals surface area contributed by atoms with Crippen molar-refractivity contribution in [3.63, 3.8) is 0 Å². The number of halogens is 3. The van der Waals surface area contributed by atoms with Crippen LogP contribution in [0, 0.1) is 17.5 Å². The molecule has 5 nitrogen and oxygen atoms in total. The molecule has 0 aromatic heterocycles. The van der Waals surface area contributed by atoms with Crippen molar-refractivity contribution in [3.05, 3.63) is 101 Å². The van der Waals surface area contributed by atoms with E-state index in [-0.39, 0.29) is 31.6 Å². The van der Waals surface area contributed by atoms with E-state index < -0.39 is 17.7 Å². The third kappa shape index (κ3) is 6.59. The van der Waals surface area contributed by atoms with E-state index >= 15 is 0 Å². The Labute approximate surface area is 196 Å². The summed E-state index contributed by atoms with van der Waals surface area (Å²) in [5, 5.41) is 14.7. The number of para-hydroxylation sites is 1. The SMILES string of the molecule is OC(COc1ccccc1)CN(Cc1ccc(F)cc1F)CC1CC(c2ccc(F)cc2)=NO1. The highest BCUT2D eigenvalue weighted by atomic mass is 19.1. The van der Waals surface area contributed by atoms with Gasteiger partial charge >= 0.3 is 0 Å². The molecule has 4 rings (SSSR count). The molecule has 0 saturated carbocycles. The van der Waals surface area contributed by atoms with Crippen LogP contribution in [0.1, 0.15) is 17.5 Å². The van der Waals surface area contributed by atoms with Crippen LogP contribution in [0.5, 0.6) is 5.75 Å². The van der Waals surface area contributed by atoms with Crippen molar-refractivity contribution >= 4 is 5.71 Å². The van der Waals surface area contributed by atoms with Crippen molar-refractivity contribution in [1.82, 2.24) is 4.90 Å². The van der Waals surface area contributed by atoms with Gasteiger partial charge in [-0.2, -0.15) is 0 Å². The number of ether oxygens (including phenoxy) is 1. The first-order chi connectivity index (χ1) is 16.5. The molecule has 1 aliphatic heterocycles. The Kier molecular flexibility index (Phi) is 7.82. The topological polar surface area (TPSA) is 54.3 Å². The maximum absolute atomic E-state index is 14.3. The first kappa shape index (κ1) is 23.8. The summed E-state index contributed by atoms with van der Waals surface area (Å²) in [6.45, 7) is 0.707. The lowest BCUT2D eigenvalue weighted by molar-refractivity contribution is 0.0209. The van der Waals surface area contributed by atoms with Crippen LogP contribution < -0.4 is 4.74 Å². The summed E-state index contributed by atoms with van der Waals surface area (Å²) in [6.07, 6.45) is -0.724. The summed E-state index contributed by atoms with van der Waals surface area (Å²) in [5.41, 5.74) is 1.75. The molecule has 34 heavy (non-hydrogen) atoms. The van der Waals surface area contributed by atoms with E-state index in [2.05, 4.69) is 5.16 Å². The summed E-state index contributed by atoms with van der Waals surface area (Å²) in [7, 11) is 0. The highest BCUT2D eigenvalue weighted by Crippen LogP contribution is 2.20. The molecule has 0 spiro atoms. The predicted molar refractivity (Wildman–Crippen MR) is 122 cm³/mol. The molecule has 1 heterocycles. The molecule has 0 amide bonds. The van der Waals surface area contributed by atoms with Gasteiger partial charge in [-0.15, -0.1) is 0 Å². The number of benzene rings is 3. The molecule has 2 atom stereocenters. The summed E-state index contributed by atoms with van der Waals surface area (Å²) in [6, 6.07) is 18.5. The van der Waals surface area contributed by atoms with Gasteiger partial charge in [0.1, 0.15) is 42.0 Å². The van der Waals surface area contributed by atoms with Crippen molar-refractivity contribution < 1.29 is 27.9 Å². The van der Waals surface area contributed by atoms with Gasteiger partial charge < -0.3 is 14.7 Å². The minimum absolute atomic E-state index is 0.0509. The Morgan fingerprint density at radius 1 is 1.00 bits per heavy atom. The fraction of sp³-hybridized carbons (Fsp3) is 0.269. The minimum Gasteiger partial charge on any atom is -0.491 e. The third-order valence-corrected chi connectivity index (χ3v) is 5.44. The van der Waals surface area contributed by atoms with Gasteiger partial charge in [0, 0.05) is 37.7 Å². The van der Waals surface area contributed by atoms with Gasteiger partial charge in [0.2, 0.25) is 0 Å². The summed E-state index contributed by atoms with van der Waals surface area (Å²) in [5.74, 6) is -1.01. The second-order valence-corrected chi connectivity index (χ2v) is 8.18. The van der Waals surface area contributed by atoms with Crippen molar-refractivity contribution in [1.29, 1.82) is 0 Å². The van der Waals surface area contributed by atoms with Crippen molar-refractivity contribution in [3.8, 4) is 5.75 Å². The van der Waals surface area contributed by atoms with Crippen LogP contribution in [0.2, 0.25) is 0 Å². The Morgan fingerprint density at radius 2 is 1.74 bits per heavy atom. The molecule has 3 aromatic rings. The molecule has 0 radical (unpaired) electrons. The number of hydrogen-bond acceptors (Lipinski definition) is 5. The number of aliphatic hydroxyl groups is 1. The van der Waals surface area contributed by atoms with E-state index in [0.29, 0.717) is 30.0 Å². The van der Waals surface area contributed by atoms with Gasteiger partial charge in [-0.3, -0.25) is 4.90 Å². The van der Waals surface area contributed by atoms with Gasteiger partial charge in [-0.1, -0.05) is 41.6 Å². The molecule has 0 saturated heterocycles. The van der Waals surface area contributed by atoms with E-state index in [4.69, 9.17) is 9.57 Å². The van der Waals surface area contributed by atoms with Crippen LogP contribution in [0.15, 0.2) is 78.0 Å². The molecule has 0 bridgehead atoms. The standard InChI is InChI=1S/C26H25F3N2O3/c27-20-9-6-18(7-10-20)26-13-24(34-30-26)16-31(14-19-8-11-21(28)12-25(19)29)15-22(32)17-33-23-4-2-1-3-5-23/h1-12,22,24,32H,13-17H2. The molecule has 1 N–H and O–H groups in total. The minimum atomic E-state index is -0.859. The Bertz CT molecular complexity index is 1110. The average Bonchev–Trinajstić information content (AvgIpc) is 3.29. The molecular weight excluding hydrogens is 445 g/mol. The van der Waals surface area contributed by atoms with Crippen LogP contribution in [-0.2, 0) is 11.4 Å². The second-order valence-electron chi connectivity index (χ2n) is 8.18. The summed E-state index contributed by atoms with van der Waals surface area (Å²) < 4.78 is 46.5. The van der Waals surface area contributed by atoms with E-state index in [1.54, 1.807) is 24.3 Å². The smallest absolute Gasteiger partial charge is 0.145 e. The van der Waals surface area contributed by atoms with Gasteiger partial charge in [-0.25, -0.2) is 13.2 Å². The lowest BCUT2D eigenvalue weighted by atomic mass is 10.0. The quantitative estimate of drug-likeness (QED) is 0.473. The predicted octanol–water partition coefficient (Wildman–Crippen LogP) is 4.54. The van der Waals surface area contributed by atoms with E-state index in [1.165, 1.54) is 24.3 Å². The number of nitrogens with zero attached hydrogens (tertiary/aromatic N) is 2. The zero-order valence-electron chi connectivity index (χ0n) is 18.4. The third-order valence-electron chi connectivity index (χ3n) is 5.44. The van der Waals surface area contributed by atoms with Crippen LogP contribution >= 0.6 is 0 Å². The first-order valence-electron chi connectivity index (χ1n) is 11.0. The molecule has 178 valence electrons. The fourth-order valence-corrected chi connectivity index (χ4v) is 3.78. The normalized spacial score (nSPS) is 16.3. The van der Waals surface area contributed by atoms with Crippen molar-refractivity contribution in [2.45, 2.75) is 25.2 Å². The van der Waals surface area contributed by atoms with E-state index in [0.717, 1.165) is 11.6 Å². The number of aliphatic hydroxyl groups excluding tert-OH is 1. The Morgan fingerprint density at radius 3 is 2.47 bits per heavy atom. The van der Waals surface area contributed by atoms with E-state index in [1.807, 2.05) is 23.1 Å². The fourth-order valence-electron chi connectivity index (χ4n) is 3.78. The van der Waals surface area contributed by atoms with Crippen LogP contribution in [0.3, 0.4) is 0 Å². The Hall–Kier alpha value is -3.36. The molecule has 2 unspecified atom stereocenters. The Balaban J connectivity index is 1.40. The summed E-state index contributed by atoms with van der Waals surface area (Å²) >= 11 is 0. The lowest BCUT2D eigenvalue weighted by Gasteiger charge is -2.27. The van der Waals surface area contributed by atoms with Crippen LogP contribution in [-0.4, -0.2) is 47.6 Å². The van der Waals surface area contributed by atoms with Crippen molar-refractivity contribution in [2.75, 3.05) is 19.7 Å². The van der Waals surface area contributed by atoms with Gasteiger partial charge in [0.05, 0.1) is 5.71 Å². The van der Waals surface area contributed by atoms with Crippen molar-refractivity contribution in [2.24, 2.45) is 5.16 Å². The molecule has 8 heteroatoms. The molecule has 0 fully saturated rings. The van der Waals surface area contributed by atoms with Gasteiger partial charge in [-0.05, 0) is 35.9 Å². The molecule has 1 aliphatic rings. The summed E-state index contributed by atoms with van der Waals surface area (Å²) in [4.78, 5) is 7.39. The zero-order valence-corrected chi connectivity index (χ0v) is 18.4. The van der Waals surface area contributed by atoms with Gasteiger partial charge in [0.25, 0.3) is 0 Å². The first-order valence-corrected chi connectivity index (χ1v) is 11.0. The maximum Gasteiger partial charge on any atom is 0.145 e. The number of oxime groups is 1. The maximum atomic E-state index is 14.3. The van der Waals surface area contributed by atoms with Crippen LogP contribution in [0.25, 0.3) is 0 Å². The van der Waals surface area contributed by atoms with Crippen LogP contribution in [0.4, 0.5) is 13.2 Å². The van der Waals surface area contributed by atoms with E-state index in [9.17, 15) is 18.3 Å². The monoisotopic (exact) mass is 470 g/mol. The average molecular weight is 470 g/mol. The molecule has 3 aromatic carbocycles. The molecule has 0 aliphatic carbocycles. The highest BCUT2D eigenvalue weighted by molar-refractivity contribution is 6.01. The largest absolute Gasteiger partial charge is 0.491 e.